The van der Waals surface area contributed by atoms with Crippen molar-refractivity contribution in [3.63, 3.8) is 0 Å². The second-order valence-corrected chi connectivity index (χ2v) is 7.85. The highest BCUT2D eigenvalue weighted by molar-refractivity contribution is 7.89. The average molecular weight is 387 g/mol. The van der Waals surface area contributed by atoms with Crippen LogP contribution in [0.4, 0.5) is 13.2 Å². The molecule has 1 aliphatic heterocycles. The van der Waals surface area contributed by atoms with Gasteiger partial charge in [0.25, 0.3) is 0 Å². The molecule has 0 aromatic heterocycles. The molecule has 2 aromatic rings. The van der Waals surface area contributed by atoms with Gasteiger partial charge < -0.3 is 9.47 Å². The number of benzene rings is 2. The molecule has 1 aliphatic rings. The normalized spacial score (nSPS) is 17.3. The fourth-order valence-corrected chi connectivity index (χ4v) is 3.74. The van der Waals surface area contributed by atoms with Crippen LogP contribution < -0.4 is 9.47 Å². The fraction of sp³-hybridized carbons (Fsp3) is 0.294. The molecule has 0 amide bonds. The van der Waals surface area contributed by atoms with E-state index in [0.29, 0.717) is 11.5 Å². The van der Waals surface area contributed by atoms with Gasteiger partial charge in [0.1, 0.15) is 12.7 Å². The molecule has 0 fully saturated rings. The Hall–Kier alpha value is -2.26. The molecule has 0 aliphatic carbocycles. The Morgan fingerprint density at radius 2 is 1.69 bits per heavy atom. The van der Waals surface area contributed by atoms with Crippen LogP contribution in [-0.4, -0.2) is 39.0 Å². The molecule has 0 N–H and O–H groups in total. The minimum Gasteiger partial charge on any atom is -0.486 e. The molecule has 3 rings (SSSR count). The van der Waals surface area contributed by atoms with Crippen LogP contribution in [0.2, 0.25) is 0 Å². The molecule has 0 spiro atoms. The van der Waals surface area contributed by atoms with E-state index in [1.54, 1.807) is 24.3 Å². The summed E-state index contributed by atoms with van der Waals surface area (Å²) >= 11 is 0. The molecule has 0 saturated heterocycles. The first-order valence-corrected chi connectivity index (χ1v) is 9.14. The molecule has 0 unspecified atom stereocenters. The lowest BCUT2D eigenvalue weighted by Gasteiger charge is -2.29. The predicted molar refractivity (Wildman–Crippen MR) is 87.6 cm³/mol. The first-order valence-electron chi connectivity index (χ1n) is 7.70. The van der Waals surface area contributed by atoms with Crippen LogP contribution in [0.15, 0.2) is 53.4 Å². The molecule has 0 radical (unpaired) electrons. The number of rotatable bonds is 4. The number of fused-ring (bicyclic) bond motifs is 1. The molecular weight excluding hydrogens is 371 g/mol. The van der Waals surface area contributed by atoms with Crippen LogP contribution >= 0.6 is 0 Å². The molecule has 140 valence electrons. The maximum Gasteiger partial charge on any atom is 0.416 e. The number of ether oxygens (including phenoxy) is 2. The van der Waals surface area contributed by atoms with Crippen molar-refractivity contribution >= 4 is 10.0 Å². The highest BCUT2D eigenvalue weighted by atomic mass is 32.2. The van der Waals surface area contributed by atoms with E-state index in [1.165, 1.54) is 7.05 Å². The van der Waals surface area contributed by atoms with Crippen LogP contribution in [0, 0.1) is 0 Å². The van der Waals surface area contributed by atoms with Gasteiger partial charge in [0, 0.05) is 7.05 Å². The number of para-hydroxylation sites is 2. The number of alkyl halides is 3. The molecule has 2 aromatic carbocycles. The quantitative estimate of drug-likeness (QED) is 0.809. The second-order valence-electron chi connectivity index (χ2n) is 5.81. The van der Waals surface area contributed by atoms with Crippen molar-refractivity contribution in [1.29, 1.82) is 0 Å². The zero-order valence-corrected chi connectivity index (χ0v) is 14.5. The Labute approximate surface area is 149 Å². The van der Waals surface area contributed by atoms with E-state index < -0.39 is 27.9 Å². The zero-order chi connectivity index (χ0) is 18.9. The molecule has 0 saturated carbocycles. The van der Waals surface area contributed by atoms with E-state index in [0.717, 1.165) is 28.6 Å². The number of halogens is 3. The van der Waals surface area contributed by atoms with Gasteiger partial charge in [-0.2, -0.15) is 17.5 Å². The third kappa shape index (κ3) is 3.78. The molecule has 1 heterocycles. The largest absolute Gasteiger partial charge is 0.486 e. The molecule has 9 heteroatoms. The van der Waals surface area contributed by atoms with Gasteiger partial charge in [-0.15, -0.1) is 0 Å². The van der Waals surface area contributed by atoms with Gasteiger partial charge in [0.2, 0.25) is 10.0 Å². The van der Waals surface area contributed by atoms with Gasteiger partial charge in [0.15, 0.2) is 11.5 Å². The second kappa shape index (κ2) is 6.81. The van der Waals surface area contributed by atoms with Gasteiger partial charge in [-0.25, -0.2) is 8.42 Å². The smallest absolute Gasteiger partial charge is 0.416 e. The molecule has 26 heavy (non-hydrogen) atoms. The lowest BCUT2D eigenvalue weighted by atomic mass is 10.2. The van der Waals surface area contributed by atoms with Crippen LogP contribution in [-0.2, 0) is 16.2 Å². The van der Waals surface area contributed by atoms with Crippen molar-refractivity contribution in [2.45, 2.75) is 17.2 Å². The summed E-state index contributed by atoms with van der Waals surface area (Å²) in [5.41, 5.74) is -0.903. The van der Waals surface area contributed by atoms with Gasteiger partial charge in [0.05, 0.1) is 17.0 Å². The van der Waals surface area contributed by atoms with E-state index >= 15 is 0 Å². The maximum atomic E-state index is 12.6. The number of hydrogen-bond donors (Lipinski definition) is 0. The van der Waals surface area contributed by atoms with Crippen molar-refractivity contribution in [3.8, 4) is 11.5 Å². The summed E-state index contributed by atoms with van der Waals surface area (Å²) in [6.07, 6.45) is -5.05. The monoisotopic (exact) mass is 387 g/mol. The van der Waals surface area contributed by atoms with Gasteiger partial charge in [-0.05, 0) is 36.4 Å². The van der Waals surface area contributed by atoms with Crippen molar-refractivity contribution < 1.29 is 31.1 Å². The predicted octanol–water partition coefficient (Wildman–Crippen LogP) is 3.17. The molecule has 0 bridgehead atoms. The van der Waals surface area contributed by atoms with Crippen molar-refractivity contribution in [2.24, 2.45) is 0 Å². The molecular formula is C17H16F3NO4S. The Bertz CT molecular complexity index is 882. The first-order chi connectivity index (χ1) is 12.2. The SMILES string of the molecule is CN(C[C@H]1COc2ccccc2O1)S(=O)(=O)c1ccc(C(F)(F)F)cc1. The summed E-state index contributed by atoms with van der Waals surface area (Å²) in [5.74, 6) is 1.10. The lowest BCUT2D eigenvalue weighted by Crippen LogP contribution is -2.41. The summed E-state index contributed by atoms with van der Waals surface area (Å²) in [7, 11) is -2.60. The minimum absolute atomic E-state index is 0.00229. The number of nitrogens with zero attached hydrogens (tertiary/aromatic N) is 1. The number of sulfonamides is 1. The number of hydrogen-bond acceptors (Lipinski definition) is 4. The molecule has 5 nitrogen and oxygen atoms in total. The topological polar surface area (TPSA) is 55.8 Å². The zero-order valence-electron chi connectivity index (χ0n) is 13.7. The van der Waals surface area contributed by atoms with Gasteiger partial charge >= 0.3 is 6.18 Å². The molecule has 1 atom stereocenters. The van der Waals surface area contributed by atoms with Crippen LogP contribution in [0.1, 0.15) is 5.56 Å². The Morgan fingerprint density at radius 1 is 1.08 bits per heavy atom. The van der Waals surface area contributed by atoms with Crippen LogP contribution in [0.3, 0.4) is 0 Å². The van der Waals surface area contributed by atoms with E-state index in [1.807, 2.05) is 0 Å². The summed E-state index contributed by atoms with van der Waals surface area (Å²) in [6, 6.07) is 10.4. The average Bonchev–Trinajstić information content (AvgIpc) is 2.61. The van der Waals surface area contributed by atoms with Crippen LogP contribution in [0.5, 0.6) is 11.5 Å². The van der Waals surface area contributed by atoms with E-state index in [2.05, 4.69) is 0 Å². The third-order valence-electron chi connectivity index (χ3n) is 3.92. The standard InChI is InChI=1S/C17H16F3NO4S/c1-21(10-13-11-24-15-4-2-3-5-16(15)25-13)26(22,23)14-8-6-12(7-9-14)17(18,19)20/h2-9,13H,10-11H2,1H3/t13-/m0/s1. The first kappa shape index (κ1) is 18.5. The lowest BCUT2D eigenvalue weighted by molar-refractivity contribution is -0.137. The highest BCUT2D eigenvalue weighted by Crippen LogP contribution is 2.32. The summed E-state index contributed by atoms with van der Waals surface area (Å²) in [5, 5.41) is 0. The van der Waals surface area contributed by atoms with Crippen molar-refractivity contribution in [3.05, 3.63) is 54.1 Å². The van der Waals surface area contributed by atoms with E-state index in [9.17, 15) is 21.6 Å². The fourth-order valence-electron chi connectivity index (χ4n) is 2.53. The van der Waals surface area contributed by atoms with Crippen molar-refractivity contribution in [2.75, 3.05) is 20.2 Å². The Balaban J connectivity index is 1.72. The summed E-state index contributed by atoms with van der Waals surface area (Å²) < 4.78 is 75.3. The maximum absolute atomic E-state index is 12.6. The summed E-state index contributed by atoms with van der Waals surface area (Å²) in [4.78, 5) is -0.217. The number of likely N-dealkylation sites (N-methyl/N-ethyl adjacent to an activating group) is 1. The Morgan fingerprint density at radius 3 is 2.31 bits per heavy atom. The van der Waals surface area contributed by atoms with Gasteiger partial charge in [-0.1, -0.05) is 12.1 Å². The van der Waals surface area contributed by atoms with Gasteiger partial charge in [-0.3, -0.25) is 0 Å². The van der Waals surface area contributed by atoms with Crippen molar-refractivity contribution in [1.82, 2.24) is 4.31 Å². The Kier molecular flexibility index (Phi) is 4.85. The third-order valence-corrected chi connectivity index (χ3v) is 5.76. The highest BCUT2D eigenvalue weighted by Gasteiger charge is 2.32. The summed E-state index contributed by atoms with van der Waals surface area (Å²) in [6.45, 7) is 0.168. The van der Waals surface area contributed by atoms with E-state index in [-0.39, 0.29) is 18.0 Å². The van der Waals surface area contributed by atoms with Crippen LogP contribution in [0.25, 0.3) is 0 Å². The van der Waals surface area contributed by atoms with E-state index in [4.69, 9.17) is 9.47 Å². The minimum atomic E-state index is -4.52.